The minimum atomic E-state index is -2.92. The summed E-state index contributed by atoms with van der Waals surface area (Å²) in [5.74, 6) is -2.20. The highest BCUT2D eigenvalue weighted by Crippen LogP contribution is 2.50. The standard InChI is InChI=1S/C44H52ClNO7Si/c1-29(24-30-20-21-32(47)26-37(30)45)19-22-38-40-31(27-53-54(44(2,3)4,33-14-8-5-9-15-33)34-16-10-6-11-17-34)25-35-41(36(40)28-52-38)43(51)46(42(35)50)23-13-7-12-18-39(48)49/h5-6,8-11,14-17,20-21,24,26,35-36,38,41,47H,7,12-13,18-19,22-23,25,27-28H2,1-4H3,(H,48,49)/b29-24+/t35-,36+,38-,41-/m1/s1. The lowest BCUT2D eigenvalue weighted by atomic mass is 9.69. The van der Waals surface area contributed by atoms with Crippen LogP contribution in [0.4, 0.5) is 0 Å². The highest BCUT2D eigenvalue weighted by atomic mass is 35.5. The molecule has 3 aromatic carbocycles. The van der Waals surface area contributed by atoms with Gasteiger partial charge in [0.25, 0.3) is 8.32 Å². The van der Waals surface area contributed by atoms with Crippen LogP contribution in [-0.4, -0.2) is 67.1 Å². The molecule has 2 heterocycles. The van der Waals surface area contributed by atoms with E-state index in [1.807, 2.05) is 18.2 Å². The van der Waals surface area contributed by atoms with E-state index in [-0.39, 0.29) is 41.0 Å². The number of aliphatic carboxylic acids is 1. The summed E-state index contributed by atoms with van der Waals surface area (Å²) in [6, 6.07) is 26.0. The smallest absolute Gasteiger partial charge is 0.303 e. The Morgan fingerprint density at radius 1 is 0.944 bits per heavy atom. The lowest BCUT2D eigenvalue weighted by molar-refractivity contribution is -0.141. The molecule has 8 nitrogen and oxygen atoms in total. The van der Waals surface area contributed by atoms with Crippen molar-refractivity contribution in [3.05, 3.63) is 106 Å². The number of hydrogen-bond donors (Lipinski definition) is 2. The minimum absolute atomic E-state index is 0.0760. The Hall–Kier alpha value is -4.02. The van der Waals surface area contributed by atoms with Gasteiger partial charge in [-0.25, -0.2) is 0 Å². The van der Waals surface area contributed by atoms with E-state index < -0.39 is 26.1 Å². The number of phenolic OH excluding ortho intramolecular Hbond substituents is 1. The molecule has 2 amide bonds. The number of fused-ring (bicyclic) bond motifs is 3. The number of allylic oxidation sites excluding steroid dienone is 1. The number of nitrogens with zero attached hydrogens (tertiary/aromatic N) is 1. The van der Waals surface area contributed by atoms with Gasteiger partial charge in [-0.05, 0) is 89.3 Å². The summed E-state index contributed by atoms with van der Waals surface area (Å²) in [5.41, 5.74) is 4.10. The number of rotatable bonds is 15. The summed E-state index contributed by atoms with van der Waals surface area (Å²) >= 11 is 6.42. The Bertz CT molecular complexity index is 1870. The number of carbonyl (C=O) groups is 3. The first-order valence-electron chi connectivity index (χ1n) is 19.1. The van der Waals surface area contributed by atoms with E-state index in [1.54, 1.807) is 12.1 Å². The number of phenols is 1. The highest BCUT2D eigenvalue weighted by molar-refractivity contribution is 6.99. The number of aromatic hydroxyl groups is 1. The van der Waals surface area contributed by atoms with E-state index >= 15 is 0 Å². The second-order valence-corrected chi connectivity index (χ2v) is 20.8. The Morgan fingerprint density at radius 2 is 1.61 bits per heavy atom. The van der Waals surface area contributed by atoms with Crippen LogP contribution in [-0.2, 0) is 23.5 Å². The van der Waals surface area contributed by atoms with Crippen LogP contribution in [0.3, 0.4) is 0 Å². The van der Waals surface area contributed by atoms with Crippen LogP contribution >= 0.6 is 11.6 Å². The van der Waals surface area contributed by atoms with Crippen molar-refractivity contribution in [1.82, 2.24) is 4.90 Å². The molecule has 2 aliphatic heterocycles. The third-order valence-electron chi connectivity index (χ3n) is 11.4. The summed E-state index contributed by atoms with van der Waals surface area (Å²) in [5, 5.41) is 21.5. The number of unbranched alkanes of at least 4 members (excludes halogenated alkanes) is 2. The van der Waals surface area contributed by atoms with Gasteiger partial charge in [0.1, 0.15) is 5.75 Å². The van der Waals surface area contributed by atoms with Crippen LogP contribution in [0.15, 0.2) is 95.6 Å². The van der Waals surface area contributed by atoms with E-state index in [2.05, 4.69) is 76.2 Å². The number of imide groups is 1. The lowest BCUT2D eigenvalue weighted by Gasteiger charge is -2.44. The van der Waals surface area contributed by atoms with Gasteiger partial charge in [0.2, 0.25) is 11.8 Å². The van der Waals surface area contributed by atoms with Gasteiger partial charge in [-0.15, -0.1) is 0 Å². The molecule has 286 valence electrons. The van der Waals surface area contributed by atoms with E-state index in [0.717, 1.165) is 28.7 Å². The Morgan fingerprint density at radius 3 is 2.22 bits per heavy atom. The molecule has 54 heavy (non-hydrogen) atoms. The second-order valence-electron chi connectivity index (χ2n) is 16.0. The van der Waals surface area contributed by atoms with Gasteiger partial charge in [-0.2, -0.15) is 0 Å². The molecular formula is C44H52ClNO7Si. The first-order valence-corrected chi connectivity index (χ1v) is 21.4. The van der Waals surface area contributed by atoms with Gasteiger partial charge < -0.3 is 19.4 Å². The molecule has 3 aromatic rings. The van der Waals surface area contributed by atoms with Crippen molar-refractivity contribution in [2.24, 2.45) is 17.8 Å². The average molecular weight is 770 g/mol. The van der Waals surface area contributed by atoms with E-state index in [1.165, 1.54) is 21.3 Å². The van der Waals surface area contributed by atoms with Gasteiger partial charge >= 0.3 is 5.97 Å². The molecule has 2 fully saturated rings. The second kappa shape index (κ2) is 16.8. The molecule has 2 saturated heterocycles. The molecule has 0 radical (unpaired) electrons. The Kier molecular flexibility index (Phi) is 12.3. The van der Waals surface area contributed by atoms with E-state index in [0.29, 0.717) is 56.9 Å². The zero-order chi connectivity index (χ0) is 38.6. The first kappa shape index (κ1) is 39.7. The average Bonchev–Trinajstić information content (AvgIpc) is 3.66. The molecular weight excluding hydrogens is 718 g/mol. The number of likely N-dealkylation sites (tertiary alicyclic amines) is 1. The van der Waals surface area contributed by atoms with Gasteiger partial charge in [0.05, 0.1) is 36.2 Å². The zero-order valence-corrected chi connectivity index (χ0v) is 33.5. The monoisotopic (exact) mass is 769 g/mol. The van der Waals surface area contributed by atoms with Gasteiger partial charge in [-0.1, -0.05) is 111 Å². The van der Waals surface area contributed by atoms with Crippen molar-refractivity contribution in [2.45, 2.75) is 83.8 Å². The number of ether oxygens (including phenoxy) is 1. The zero-order valence-electron chi connectivity index (χ0n) is 31.7. The number of carboxylic acids is 1. The Labute approximate surface area is 325 Å². The molecule has 4 atom stereocenters. The normalized spacial score (nSPS) is 21.8. The van der Waals surface area contributed by atoms with Crippen molar-refractivity contribution >= 4 is 54.2 Å². The van der Waals surface area contributed by atoms with Crippen molar-refractivity contribution in [2.75, 3.05) is 19.8 Å². The maximum atomic E-state index is 14.1. The molecule has 10 heteroatoms. The van der Waals surface area contributed by atoms with Gasteiger partial charge in [0.15, 0.2) is 0 Å². The van der Waals surface area contributed by atoms with Crippen LogP contribution in [0, 0.1) is 17.8 Å². The maximum absolute atomic E-state index is 14.1. The summed E-state index contributed by atoms with van der Waals surface area (Å²) in [6.45, 7) is 9.80. The Balaban J connectivity index is 1.33. The predicted molar refractivity (Wildman–Crippen MR) is 214 cm³/mol. The summed E-state index contributed by atoms with van der Waals surface area (Å²) in [4.78, 5) is 40.6. The number of benzene rings is 3. The number of carbonyl (C=O) groups excluding carboxylic acids is 2. The van der Waals surface area contributed by atoms with Gasteiger partial charge in [0, 0.05) is 18.9 Å². The molecule has 3 aliphatic rings. The van der Waals surface area contributed by atoms with Crippen LogP contribution < -0.4 is 10.4 Å². The first-order chi connectivity index (χ1) is 25.8. The number of hydrogen-bond acceptors (Lipinski definition) is 6. The molecule has 0 spiro atoms. The van der Waals surface area contributed by atoms with Crippen LogP contribution in [0.2, 0.25) is 10.1 Å². The molecule has 0 aromatic heterocycles. The number of halogens is 1. The molecule has 0 bridgehead atoms. The SMILES string of the molecule is C/C(=C\c1ccc(O)cc1Cl)CC[C@H]1OC[C@H]2C1=C(CO[Si](c1ccccc1)(c1ccccc1)C(C)(C)C)C[C@H]1C(=O)N(CCCCCC(=O)O)C(=O)[C@H]12. The third kappa shape index (κ3) is 8.15. The fraction of sp³-hybridized carbons (Fsp3) is 0.432. The number of amides is 2. The third-order valence-corrected chi connectivity index (χ3v) is 16.7. The summed E-state index contributed by atoms with van der Waals surface area (Å²) < 4.78 is 14.0. The predicted octanol–water partition coefficient (Wildman–Crippen LogP) is 7.77. The summed E-state index contributed by atoms with van der Waals surface area (Å²) in [6.07, 6.45) is 5.45. The quantitative estimate of drug-likeness (QED) is 0.0703. The molecule has 2 N–H and O–H groups in total. The van der Waals surface area contributed by atoms with E-state index in [4.69, 9.17) is 25.9 Å². The largest absolute Gasteiger partial charge is 0.508 e. The van der Waals surface area contributed by atoms with Crippen molar-refractivity contribution in [1.29, 1.82) is 0 Å². The maximum Gasteiger partial charge on any atom is 0.303 e. The fourth-order valence-corrected chi connectivity index (χ4v) is 13.7. The molecule has 0 saturated carbocycles. The topological polar surface area (TPSA) is 113 Å². The van der Waals surface area contributed by atoms with Crippen LogP contribution in [0.1, 0.15) is 78.2 Å². The van der Waals surface area contributed by atoms with Crippen molar-refractivity contribution < 1.29 is 33.8 Å². The molecule has 1 aliphatic carbocycles. The minimum Gasteiger partial charge on any atom is -0.508 e. The van der Waals surface area contributed by atoms with Crippen molar-refractivity contribution in [3.63, 3.8) is 0 Å². The molecule has 6 rings (SSSR count). The van der Waals surface area contributed by atoms with E-state index in [9.17, 15) is 19.5 Å². The van der Waals surface area contributed by atoms with Crippen molar-refractivity contribution in [3.8, 4) is 5.75 Å². The number of carboxylic acid groups (broad SMARTS) is 1. The lowest BCUT2D eigenvalue weighted by Crippen LogP contribution is -2.66. The fourth-order valence-electron chi connectivity index (χ4n) is 8.90. The summed E-state index contributed by atoms with van der Waals surface area (Å²) in [7, 11) is -2.92. The van der Waals surface area contributed by atoms with Gasteiger partial charge in [-0.3, -0.25) is 19.3 Å². The molecule has 0 unspecified atom stereocenters. The highest BCUT2D eigenvalue weighted by Gasteiger charge is 2.57. The van der Waals surface area contributed by atoms with Crippen LogP contribution in [0.25, 0.3) is 6.08 Å². The van der Waals surface area contributed by atoms with Crippen LogP contribution in [0.5, 0.6) is 5.75 Å².